The molecule has 3 heteroatoms. The Morgan fingerprint density at radius 3 is 2.32 bits per heavy atom. The molecule has 3 nitrogen and oxygen atoms in total. The quantitative estimate of drug-likeness (QED) is 0.642. The zero-order chi connectivity index (χ0) is 16.4. The van der Waals surface area contributed by atoms with E-state index in [4.69, 9.17) is 0 Å². The summed E-state index contributed by atoms with van der Waals surface area (Å²) in [6, 6.07) is 0.725. The smallest absolute Gasteiger partial charge is 0.223 e. The van der Waals surface area contributed by atoms with Gasteiger partial charge >= 0.3 is 0 Å². The summed E-state index contributed by atoms with van der Waals surface area (Å²) in [6.07, 6.45) is 10.8. The predicted molar refractivity (Wildman–Crippen MR) is 95.1 cm³/mol. The molecule has 0 aromatic carbocycles. The molecule has 1 aliphatic carbocycles. The minimum Gasteiger partial charge on any atom is -0.343 e. The number of amides is 1. The second kappa shape index (κ2) is 10.3. The summed E-state index contributed by atoms with van der Waals surface area (Å²) >= 11 is 0. The Kier molecular flexibility index (Phi) is 9.08. The van der Waals surface area contributed by atoms with E-state index in [0.717, 1.165) is 44.9 Å². The van der Waals surface area contributed by atoms with Crippen LogP contribution in [0.5, 0.6) is 0 Å². The van der Waals surface area contributed by atoms with E-state index in [1.165, 1.54) is 32.1 Å². The molecule has 0 heterocycles. The summed E-state index contributed by atoms with van der Waals surface area (Å²) in [4.78, 5) is 14.6. The van der Waals surface area contributed by atoms with Crippen LogP contribution >= 0.6 is 0 Å². The van der Waals surface area contributed by atoms with Gasteiger partial charge in [-0.25, -0.2) is 0 Å². The van der Waals surface area contributed by atoms with Crippen LogP contribution in [0, 0.1) is 5.41 Å². The maximum Gasteiger partial charge on any atom is 0.223 e. The molecule has 22 heavy (non-hydrogen) atoms. The van der Waals surface area contributed by atoms with Crippen LogP contribution in [0.25, 0.3) is 0 Å². The molecule has 0 aromatic rings. The Morgan fingerprint density at radius 1 is 1.09 bits per heavy atom. The highest BCUT2D eigenvalue weighted by atomic mass is 16.2. The van der Waals surface area contributed by atoms with E-state index in [9.17, 15) is 4.79 Å². The first-order valence-corrected chi connectivity index (χ1v) is 9.43. The molecule has 1 amide bonds. The van der Waals surface area contributed by atoms with Crippen LogP contribution in [0.4, 0.5) is 0 Å². The lowest BCUT2D eigenvalue weighted by Crippen LogP contribution is -2.38. The van der Waals surface area contributed by atoms with Crippen LogP contribution in [0.1, 0.15) is 85.5 Å². The van der Waals surface area contributed by atoms with Crippen molar-refractivity contribution in [3.05, 3.63) is 0 Å². The summed E-state index contributed by atoms with van der Waals surface area (Å²) < 4.78 is 0. The lowest BCUT2D eigenvalue weighted by Gasteiger charge is -2.27. The largest absolute Gasteiger partial charge is 0.343 e. The molecule has 0 bridgehead atoms. The van der Waals surface area contributed by atoms with Crippen molar-refractivity contribution in [1.29, 1.82) is 0 Å². The van der Waals surface area contributed by atoms with Gasteiger partial charge in [0, 0.05) is 25.6 Å². The molecular formula is C19H38N2O. The molecule has 130 valence electrons. The van der Waals surface area contributed by atoms with Crippen LogP contribution in [-0.2, 0) is 4.79 Å². The van der Waals surface area contributed by atoms with Gasteiger partial charge in [0.15, 0.2) is 0 Å². The van der Waals surface area contributed by atoms with E-state index in [1.807, 2.05) is 0 Å². The first kappa shape index (κ1) is 19.5. The average Bonchev–Trinajstić information content (AvgIpc) is 2.45. The number of unbranched alkanes of at least 4 members (excludes halogenated alkanes) is 1. The number of nitrogens with one attached hydrogen (secondary N) is 1. The maximum absolute atomic E-state index is 12.5. The molecule has 0 saturated heterocycles. The fourth-order valence-corrected chi connectivity index (χ4v) is 3.16. The molecule has 1 N–H and O–H groups in total. The molecule has 0 aromatic heterocycles. The predicted octanol–water partition coefficient (Wildman–Crippen LogP) is 4.36. The van der Waals surface area contributed by atoms with Crippen LogP contribution in [0.3, 0.4) is 0 Å². The standard InChI is InChI=1S/C19H38N2O/c1-5-6-14-21(18(22)16-19(2,3)4)15-10-13-20-17-11-8-7-9-12-17/h17,20H,5-16H2,1-4H3. The molecular weight excluding hydrogens is 272 g/mol. The Hall–Kier alpha value is -0.570. The Labute approximate surface area is 138 Å². The third-order valence-corrected chi connectivity index (χ3v) is 4.46. The number of carbonyl (C=O) groups excluding carboxylic acids is 1. The summed E-state index contributed by atoms with van der Waals surface area (Å²) in [5.74, 6) is 0.332. The Balaban J connectivity index is 2.29. The van der Waals surface area contributed by atoms with Gasteiger partial charge in [0.05, 0.1) is 0 Å². The average molecular weight is 311 g/mol. The highest BCUT2D eigenvalue weighted by Gasteiger charge is 2.20. The number of carbonyl (C=O) groups is 1. The van der Waals surface area contributed by atoms with Crippen LogP contribution in [-0.4, -0.2) is 36.5 Å². The van der Waals surface area contributed by atoms with Crippen molar-refractivity contribution < 1.29 is 4.79 Å². The summed E-state index contributed by atoms with van der Waals surface area (Å²) in [5, 5.41) is 3.68. The molecule has 0 atom stereocenters. The van der Waals surface area contributed by atoms with Gasteiger partial charge in [-0.05, 0) is 37.6 Å². The molecule has 0 spiro atoms. The highest BCUT2D eigenvalue weighted by Crippen LogP contribution is 2.20. The van der Waals surface area contributed by atoms with Crippen molar-refractivity contribution in [2.45, 2.75) is 91.5 Å². The molecule has 1 aliphatic rings. The zero-order valence-corrected chi connectivity index (χ0v) is 15.4. The lowest BCUT2D eigenvalue weighted by atomic mass is 9.91. The van der Waals surface area contributed by atoms with Crippen LogP contribution < -0.4 is 5.32 Å². The first-order valence-electron chi connectivity index (χ1n) is 9.43. The van der Waals surface area contributed by atoms with Gasteiger partial charge in [-0.2, -0.15) is 0 Å². The van der Waals surface area contributed by atoms with Crippen LogP contribution in [0.15, 0.2) is 0 Å². The molecule has 0 unspecified atom stereocenters. The second-order valence-electron chi connectivity index (χ2n) is 8.11. The van der Waals surface area contributed by atoms with Gasteiger partial charge in [0.25, 0.3) is 0 Å². The number of hydrogen-bond acceptors (Lipinski definition) is 2. The molecule has 1 rings (SSSR count). The minimum atomic E-state index is 0.0852. The van der Waals surface area contributed by atoms with E-state index in [-0.39, 0.29) is 5.41 Å². The van der Waals surface area contributed by atoms with Crippen molar-refractivity contribution in [2.24, 2.45) is 5.41 Å². The highest BCUT2D eigenvalue weighted by molar-refractivity contribution is 5.76. The molecule has 1 saturated carbocycles. The second-order valence-corrected chi connectivity index (χ2v) is 8.11. The summed E-state index contributed by atoms with van der Waals surface area (Å²) in [5.41, 5.74) is 0.0852. The van der Waals surface area contributed by atoms with Gasteiger partial charge < -0.3 is 10.2 Å². The van der Waals surface area contributed by atoms with Gasteiger partial charge in [0.2, 0.25) is 5.91 Å². The SMILES string of the molecule is CCCCN(CCCNC1CCCCC1)C(=O)CC(C)(C)C. The fraction of sp³-hybridized carbons (Fsp3) is 0.947. The van der Waals surface area contributed by atoms with Gasteiger partial charge in [-0.15, -0.1) is 0 Å². The number of hydrogen-bond donors (Lipinski definition) is 1. The van der Waals surface area contributed by atoms with Crippen molar-refractivity contribution in [1.82, 2.24) is 10.2 Å². The van der Waals surface area contributed by atoms with E-state index in [1.54, 1.807) is 0 Å². The van der Waals surface area contributed by atoms with E-state index in [0.29, 0.717) is 12.3 Å². The normalized spacial score (nSPS) is 16.7. The van der Waals surface area contributed by atoms with E-state index < -0.39 is 0 Å². The molecule has 1 fully saturated rings. The van der Waals surface area contributed by atoms with Crippen molar-refractivity contribution >= 4 is 5.91 Å². The molecule has 0 radical (unpaired) electrons. The Morgan fingerprint density at radius 2 is 1.73 bits per heavy atom. The van der Waals surface area contributed by atoms with Gasteiger partial charge in [0.1, 0.15) is 0 Å². The van der Waals surface area contributed by atoms with E-state index >= 15 is 0 Å². The molecule has 0 aliphatic heterocycles. The Bertz CT molecular complexity index is 303. The third-order valence-electron chi connectivity index (χ3n) is 4.46. The van der Waals surface area contributed by atoms with Crippen molar-refractivity contribution in [3.63, 3.8) is 0 Å². The topological polar surface area (TPSA) is 32.3 Å². The minimum absolute atomic E-state index is 0.0852. The number of nitrogens with zero attached hydrogens (tertiary/aromatic N) is 1. The van der Waals surface area contributed by atoms with Crippen molar-refractivity contribution in [3.8, 4) is 0 Å². The van der Waals surface area contributed by atoms with Gasteiger partial charge in [-0.3, -0.25) is 4.79 Å². The summed E-state index contributed by atoms with van der Waals surface area (Å²) in [6.45, 7) is 11.5. The lowest BCUT2D eigenvalue weighted by molar-refractivity contribution is -0.133. The van der Waals surface area contributed by atoms with Crippen molar-refractivity contribution in [2.75, 3.05) is 19.6 Å². The summed E-state index contributed by atoms with van der Waals surface area (Å²) in [7, 11) is 0. The van der Waals surface area contributed by atoms with E-state index in [2.05, 4.69) is 37.9 Å². The maximum atomic E-state index is 12.5. The zero-order valence-electron chi connectivity index (χ0n) is 15.4. The third kappa shape index (κ3) is 8.77. The number of rotatable bonds is 9. The van der Waals surface area contributed by atoms with Crippen LogP contribution in [0.2, 0.25) is 0 Å². The van der Waals surface area contributed by atoms with Gasteiger partial charge in [-0.1, -0.05) is 53.4 Å². The monoisotopic (exact) mass is 310 g/mol. The fourth-order valence-electron chi connectivity index (χ4n) is 3.16. The first-order chi connectivity index (χ1) is 10.4.